The number of rotatable bonds is 6. The molecule has 0 bridgehead atoms. The minimum absolute atomic E-state index is 0.0228. The van der Waals surface area contributed by atoms with Crippen LogP contribution in [0.2, 0.25) is 0 Å². The van der Waals surface area contributed by atoms with Crippen LogP contribution in [0.25, 0.3) is 0 Å². The summed E-state index contributed by atoms with van der Waals surface area (Å²) in [5, 5.41) is 3.05. The highest BCUT2D eigenvalue weighted by molar-refractivity contribution is 5.85. The number of piperazine rings is 1. The maximum absolute atomic E-state index is 12.5. The number of carbonyl (C=O) groups is 2. The number of benzene rings is 1. The van der Waals surface area contributed by atoms with Crippen LogP contribution in [-0.2, 0) is 11.3 Å². The summed E-state index contributed by atoms with van der Waals surface area (Å²) in [5.74, 6) is 0.548. The Balaban J connectivity index is 1.43. The highest BCUT2D eigenvalue weighted by Gasteiger charge is 2.28. The average molecular weight is 387 g/mol. The van der Waals surface area contributed by atoms with E-state index in [1.54, 1.807) is 4.90 Å². The molecular formula is C22H34N4O2. The second kappa shape index (κ2) is 9.41. The van der Waals surface area contributed by atoms with Crippen LogP contribution in [0.15, 0.2) is 18.2 Å². The predicted molar refractivity (Wildman–Crippen MR) is 111 cm³/mol. The van der Waals surface area contributed by atoms with E-state index in [1.165, 1.54) is 17.5 Å². The smallest absolute Gasteiger partial charge is 0.317 e. The Hall–Kier alpha value is -2.08. The molecule has 0 aromatic heterocycles. The van der Waals surface area contributed by atoms with Gasteiger partial charge in [0.1, 0.15) is 6.54 Å². The minimum Gasteiger partial charge on any atom is -0.338 e. The van der Waals surface area contributed by atoms with Crippen molar-refractivity contribution < 1.29 is 9.59 Å². The molecule has 3 rings (SSSR count). The fraction of sp³-hybridized carbons (Fsp3) is 0.636. The van der Waals surface area contributed by atoms with Crippen LogP contribution in [0, 0.1) is 19.8 Å². The average Bonchev–Trinajstić information content (AvgIpc) is 3.12. The van der Waals surface area contributed by atoms with Crippen LogP contribution >= 0.6 is 0 Å². The van der Waals surface area contributed by atoms with Crippen molar-refractivity contribution in [3.05, 3.63) is 34.9 Å². The molecule has 6 heteroatoms. The first kappa shape index (κ1) is 20.6. The first-order valence-corrected chi connectivity index (χ1v) is 10.5. The molecular weight excluding hydrogens is 352 g/mol. The lowest BCUT2D eigenvalue weighted by molar-refractivity contribution is -0.135. The number of hydrogen-bond acceptors (Lipinski definition) is 3. The summed E-state index contributed by atoms with van der Waals surface area (Å²) in [4.78, 5) is 31.0. The first-order valence-electron chi connectivity index (χ1n) is 10.5. The minimum atomic E-state index is -0.104. The monoisotopic (exact) mass is 386 g/mol. The van der Waals surface area contributed by atoms with Gasteiger partial charge in [0.2, 0.25) is 5.91 Å². The van der Waals surface area contributed by atoms with Gasteiger partial charge in [-0.2, -0.15) is 0 Å². The summed E-state index contributed by atoms with van der Waals surface area (Å²) in [7, 11) is 0. The predicted octanol–water partition coefficient (Wildman–Crippen LogP) is 2.39. The fourth-order valence-electron chi connectivity index (χ4n) is 4.11. The summed E-state index contributed by atoms with van der Waals surface area (Å²) in [5.41, 5.74) is 3.65. The van der Waals surface area contributed by atoms with Gasteiger partial charge in [0, 0.05) is 32.7 Å². The molecule has 1 N–H and O–H groups in total. The van der Waals surface area contributed by atoms with Crippen LogP contribution in [0.1, 0.15) is 36.5 Å². The van der Waals surface area contributed by atoms with E-state index in [9.17, 15) is 9.59 Å². The van der Waals surface area contributed by atoms with Crippen LogP contribution in [0.5, 0.6) is 0 Å². The lowest BCUT2D eigenvalue weighted by atomic mass is 10.1. The van der Waals surface area contributed by atoms with Crippen molar-refractivity contribution in [3.8, 4) is 0 Å². The number of hydrogen-bond donors (Lipinski definition) is 1. The van der Waals surface area contributed by atoms with Gasteiger partial charge in [-0.1, -0.05) is 25.1 Å². The molecule has 2 aliphatic rings. The maximum atomic E-state index is 12.5. The quantitative estimate of drug-likeness (QED) is 0.817. The third-order valence-electron chi connectivity index (χ3n) is 6.00. The van der Waals surface area contributed by atoms with Crippen LogP contribution in [0.4, 0.5) is 4.79 Å². The third-order valence-corrected chi connectivity index (χ3v) is 6.00. The molecule has 154 valence electrons. The Labute approximate surface area is 168 Å². The van der Waals surface area contributed by atoms with Gasteiger partial charge in [-0.3, -0.25) is 4.79 Å². The van der Waals surface area contributed by atoms with Crippen molar-refractivity contribution in [1.29, 1.82) is 0 Å². The van der Waals surface area contributed by atoms with Crippen molar-refractivity contribution in [1.82, 2.24) is 20.0 Å². The van der Waals surface area contributed by atoms with Gasteiger partial charge in [0.25, 0.3) is 0 Å². The van der Waals surface area contributed by atoms with Crippen molar-refractivity contribution in [2.75, 3.05) is 45.8 Å². The van der Waals surface area contributed by atoms with Gasteiger partial charge < -0.3 is 20.0 Å². The number of carbonyl (C=O) groups excluding carboxylic acids is 2. The van der Waals surface area contributed by atoms with Gasteiger partial charge in [0.15, 0.2) is 0 Å². The Morgan fingerprint density at radius 2 is 2.00 bits per heavy atom. The lowest BCUT2D eigenvalue weighted by Crippen LogP contribution is -2.54. The molecule has 6 nitrogen and oxygen atoms in total. The first-order chi connectivity index (χ1) is 13.5. The number of amides is 3. The third kappa shape index (κ3) is 5.25. The van der Waals surface area contributed by atoms with Crippen LogP contribution in [0.3, 0.4) is 0 Å². The molecule has 0 aliphatic carbocycles. The van der Waals surface area contributed by atoms with Gasteiger partial charge in [-0.05, 0) is 62.4 Å². The molecule has 0 spiro atoms. The Morgan fingerprint density at radius 1 is 1.18 bits per heavy atom. The van der Waals surface area contributed by atoms with E-state index < -0.39 is 0 Å². The van der Waals surface area contributed by atoms with Gasteiger partial charge >= 0.3 is 6.03 Å². The molecule has 28 heavy (non-hydrogen) atoms. The molecule has 0 saturated carbocycles. The van der Waals surface area contributed by atoms with Gasteiger partial charge in [-0.25, -0.2) is 4.79 Å². The largest absolute Gasteiger partial charge is 0.338 e. The molecule has 1 aromatic rings. The molecule has 3 amide bonds. The molecule has 2 aliphatic heterocycles. The summed E-state index contributed by atoms with van der Waals surface area (Å²) in [6, 6.07) is 6.22. The molecule has 0 radical (unpaired) electrons. The number of nitrogens with zero attached hydrogens (tertiary/aromatic N) is 3. The highest BCUT2D eigenvalue weighted by Crippen LogP contribution is 2.16. The lowest BCUT2D eigenvalue weighted by Gasteiger charge is -2.34. The fourth-order valence-corrected chi connectivity index (χ4v) is 4.11. The van der Waals surface area contributed by atoms with E-state index in [0.717, 1.165) is 31.6 Å². The van der Waals surface area contributed by atoms with Crippen LogP contribution in [-0.4, -0.2) is 72.5 Å². The molecule has 1 atom stereocenters. The van der Waals surface area contributed by atoms with E-state index in [2.05, 4.69) is 49.2 Å². The number of nitrogens with one attached hydrogen (secondary N) is 1. The number of aryl methyl sites for hydroxylation is 2. The zero-order chi connectivity index (χ0) is 20.1. The van der Waals surface area contributed by atoms with E-state index in [4.69, 9.17) is 0 Å². The second-order valence-electron chi connectivity index (χ2n) is 8.30. The zero-order valence-corrected chi connectivity index (χ0v) is 17.5. The SMILES string of the molecule is CCCN1CC[C@@H](CNC(=O)N2CCN(Cc3ccc(C)c(C)c3)C(=O)C2)C1. The topological polar surface area (TPSA) is 55.9 Å². The summed E-state index contributed by atoms with van der Waals surface area (Å²) < 4.78 is 0. The van der Waals surface area contributed by atoms with E-state index in [-0.39, 0.29) is 18.5 Å². The Bertz CT molecular complexity index is 706. The zero-order valence-electron chi connectivity index (χ0n) is 17.5. The number of likely N-dealkylation sites (tertiary alicyclic amines) is 1. The van der Waals surface area contributed by atoms with Crippen molar-refractivity contribution in [2.45, 2.75) is 40.2 Å². The molecule has 2 heterocycles. The molecule has 1 aromatic carbocycles. The molecule has 2 saturated heterocycles. The van der Waals surface area contributed by atoms with Crippen LogP contribution < -0.4 is 5.32 Å². The van der Waals surface area contributed by atoms with Crippen molar-refractivity contribution >= 4 is 11.9 Å². The molecule has 0 unspecified atom stereocenters. The normalized spacial score (nSPS) is 20.7. The second-order valence-corrected chi connectivity index (χ2v) is 8.30. The van der Waals surface area contributed by atoms with Crippen molar-refractivity contribution in [2.24, 2.45) is 5.92 Å². The number of urea groups is 1. The van der Waals surface area contributed by atoms with Gasteiger partial charge in [0.05, 0.1) is 0 Å². The summed E-state index contributed by atoms with van der Waals surface area (Å²) in [6.07, 6.45) is 2.32. The maximum Gasteiger partial charge on any atom is 0.317 e. The summed E-state index contributed by atoms with van der Waals surface area (Å²) in [6.45, 7) is 12.4. The Morgan fingerprint density at radius 3 is 2.71 bits per heavy atom. The van der Waals surface area contributed by atoms with Crippen molar-refractivity contribution in [3.63, 3.8) is 0 Å². The standard InChI is InChI=1S/C22H34N4O2/c1-4-8-24-9-7-20(14-24)13-23-22(28)26-11-10-25(21(27)16-26)15-19-6-5-17(2)18(3)12-19/h5-6,12,20H,4,7-11,13-16H2,1-3H3,(H,23,28)/t20-/m0/s1. The van der Waals surface area contributed by atoms with Gasteiger partial charge in [-0.15, -0.1) is 0 Å². The molecule has 2 fully saturated rings. The summed E-state index contributed by atoms with van der Waals surface area (Å²) >= 11 is 0. The van der Waals surface area contributed by atoms with E-state index in [0.29, 0.717) is 32.1 Å². The van der Waals surface area contributed by atoms with E-state index in [1.807, 2.05) is 4.90 Å². The Kier molecular flexibility index (Phi) is 6.94. The highest BCUT2D eigenvalue weighted by atomic mass is 16.2. The van der Waals surface area contributed by atoms with E-state index >= 15 is 0 Å².